The Hall–Kier alpha value is -1.80. The third-order valence-electron chi connectivity index (χ3n) is 7.86. The number of rotatable bonds is 7. The van der Waals surface area contributed by atoms with Gasteiger partial charge < -0.3 is 20.9 Å². The van der Waals surface area contributed by atoms with Gasteiger partial charge in [-0.1, -0.05) is 36.6 Å². The molecular weight excluding hydrogens is 517 g/mol. The minimum absolute atomic E-state index is 0. The van der Waals surface area contributed by atoms with Crippen LogP contribution in [0.2, 0.25) is 5.02 Å². The summed E-state index contributed by atoms with van der Waals surface area (Å²) in [4.78, 5) is 14.8. The maximum atomic E-state index is 6.17. The molecule has 3 aromatic rings. The lowest BCUT2D eigenvalue weighted by molar-refractivity contribution is 0.410. The van der Waals surface area contributed by atoms with E-state index in [1.165, 1.54) is 44.1 Å². The molecule has 1 aromatic carbocycles. The summed E-state index contributed by atoms with van der Waals surface area (Å²) in [6.45, 7) is 0. The molecule has 4 N–H and O–H groups in total. The van der Waals surface area contributed by atoms with Crippen LogP contribution in [0.3, 0.4) is 0 Å². The van der Waals surface area contributed by atoms with Crippen LogP contribution in [0.25, 0.3) is 11.2 Å². The molecule has 10 heteroatoms. The van der Waals surface area contributed by atoms with Crippen LogP contribution < -0.4 is 16.4 Å². The van der Waals surface area contributed by atoms with Crippen LogP contribution in [-0.2, 0) is 0 Å². The summed E-state index contributed by atoms with van der Waals surface area (Å²) in [5, 5.41) is 8.17. The van der Waals surface area contributed by atoms with E-state index >= 15 is 0 Å². The molecule has 3 aliphatic rings. The first kappa shape index (κ1) is 27.2. The van der Waals surface area contributed by atoms with Gasteiger partial charge in [0.15, 0.2) is 17.0 Å². The molecule has 2 aromatic heterocycles. The van der Waals surface area contributed by atoms with E-state index in [4.69, 9.17) is 32.3 Å². The minimum atomic E-state index is 0. The monoisotopic (exact) mass is 551 g/mol. The molecule has 0 saturated heterocycles. The zero-order valence-electron chi connectivity index (χ0n) is 20.4. The van der Waals surface area contributed by atoms with Gasteiger partial charge >= 0.3 is 0 Å². The highest BCUT2D eigenvalue weighted by Crippen LogP contribution is 2.44. The summed E-state index contributed by atoms with van der Waals surface area (Å²) >= 11 is 6.17. The number of nitrogens with two attached hydrogens (primary N) is 1. The van der Waals surface area contributed by atoms with Crippen LogP contribution in [0.1, 0.15) is 81.9 Å². The number of benzene rings is 1. The summed E-state index contributed by atoms with van der Waals surface area (Å²) < 4.78 is 2.28. The Morgan fingerprint density at radius 3 is 2.28 bits per heavy atom. The van der Waals surface area contributed by atoms with E-state index in [0.717, 1.165) is 47.7 Å². The molecule has 1 unspecified atom stereocenters. The Balaban J connectivity index is 0.00000152. The van der Waals surface area contributed by atoms with E-state index in [0.29, 0.717) is 30.0 Å². The smallest absolute Gasteiger partial charge is 0.227 e. The highest BCUT2D eigenvalue weighted by molar-refractivity contribution is 6.30. The number of nitrogens with zero attached hydrogens (tertiary/aromatic N) is 4. The Morgan fingerprint density at radius 1 is 0.917 bits per heavy atom. The number of anilines is 2. The molecule has 0 radical (unpaired) electrons. The zero-order valence-corrected chi connectivity index (χ0v) is 22.8. The zero-order chi connectivity index (χ0) is 23.1. The molecule has 3 saturated carbocycles. The van der Waals surface area contributed by atoms with Gasteiger partial charge in [-0.15, -0.1) is 24.8 Å². The van der Waals surface area contributed by atoms with Crippen LogP contribution in [0, 0.1) is 5.92 Å². The Kier molecular flexibility index (Phi) is 8.87. The van der Waals surface area contributed by atoms with Crippen molar-refractivity contribution in [1.82, 2.24) is 19.5 Å². The number of hydrogen-bond donors (Lipinski definition) is 3. The number of imidazole rings is 1. The van der Waals surface area contributed by atoms with Crippen molar-refractivity contribution in [3.05, 3.63) is 41.2 Å². The van der Waals surface area contributed by atoms with Gasteiger partial charge in [0, 0.05) is 23.1 Å². The molecule has 0 spiro atoms. The molecule has 0 amide bonds. The average Bonchev–Trinajstić information content (AvgIpc) is 3.35. The molecular formula is C26H36Cl3N7. The molecule has 196 valence electrons. The van der Waals surface area contributed by atoms with Crippen molar-refractivity contribution >= 4 is 59.3 Å². The van der Waals surface area contributed by atoms with Gasteiger partial charge in [0.05, 0.1) is 12.4 Å². The Bertz CT molecular complexity index is 1130. The van der Waals surface area contributed by atoms with Crippen molar-refractivity contribution in [2.45, 2.75) is 88.4 Å². The average molecular weight is 553 g/mol. The predicted octanol–water partition coefficient (Wildman–Crippen LogP) is 6.68. The lowest BCUT2D eigenvalue weighted by atomic mass is 9.92. The third-order valence-corrected chi connectivity index (χ3v) is 8.11. The molecule has 3 fully saturated rings. The standard InChI is InChI=1S/C26H34ClN7.2ClH/c27-18-9-7-17(8-10-18)22(16-5-6-16)31-24-23-25(34(15-29-23)21-3-1-2-4-21)33-26(32-24)30-20-13-11-19(28)12-14-20;;/h7-10,15-16,19-22H,1-6,11-14,28H2,(H2,30,31,32,33);2*1H. The fourth-order valence-corrected chi connectivity index (χ4v) is 5.82. The van der Waals surface area contributed by atoms with Crippen molar-refractivity contribution in [1.29, 1.82) is 0 Å². The molecule has 0 bridgehead atoms. The van der Waals surface area contributed by atoms with Crippen LogP contribution in [0.5, 0.6) is 0 Å². The normalized spacial score (nSPS) is 23.1. The second kappa shape index (κ2) is 11.7. The van der Waals surface area contributed by atoms with Crippen molar-refractivity contribution in [2.75, 3.05) is 10.6 Å². The van der Waals surface area contributed by atoms with Crippen molar-refractivity contribution in [2.24, 2.45) is 11.7 Å². The predicted molar refractivity (Wildman–Crippen MR) is 152 cm³/mol. The second-order valence-electron chi connectivity index (χ2n) is 10.4. The van der Waals surface area contributed by atoms with Gasteiger partial charge in [0.1, 0.15) is 0 Å². The summed E-state index contributed by atoms with van der Waals surface area (Å²) in [5.74, 6) is 2.11. The van der Waals surface area contributed by atoms with E-state index in [1.54, 1.807) is 0 Å². The maximum Gasteiger partial charge on any atom is 0.227 e. The molecule has 2 heterocycles. The van der Waals surface area contributed by atoms with Gasteiger partial charge in [-0.2, -0.15) is 9.97 Å². The third kappa shape index (κ3) is 5.85. The van der Waals surface area contributed by atoms with Crippen LogP contribution in [0.15, 0.2) is 30.6 Å². The fourth-order valence-electron chi connectivity index (χ4n) is 5.70. The fraction of sp³-hybridized carbons (Fsp3) is 0.577. The first-order valence-electron chi connectivity index (χ1n) is 12.9. The van der Waals surface area contributed by atoms with Crippen molar-refractivity contribution < 1.29 is 0 Å². The van der Waals surface area contributed by atoms with Gasteiger partial charge in [0.2, 0.25) is 5.95 Å². The molecule has 3 aliphatic carbocycles. The van der Waals surface area contributed by atoms with Crippen LogP contribution in [0.4, 0.5) is 11.8 Å². The van der Waals surface area contributed by atoms with E-state index in [9.17, 15) is 0 Å². The lowest BCUT2D eigenvalue weighted by Crippen LogP contribution is -2.33. The van der Waals surface area contributed by atoms with Crippen LogP contribution >= 0.6 is 36.4 Å². The Morgan fingerprint density at radius 2 is 1.61 bits per heavy atom. The first-order valence-corrected chi connectivity index (χ1v) is 13.3. The van der Waals surface area contributed by atoms with Gasteiger partial charge in [-0.3, -0.25) is 0 Å². The van der Waals surface area contributed by atoms with Crippen molar-refractivity contribution in [3.63, 3.8) is 0 Å². The second-order valence-corrected chi connectivity index (χ2v) is 10.9. The molecule has 1 atom stereocenters. The summed E-state index contributed by atoms with van der Waals surface area (Å²) in [6, 6.07) is 9.54. The summed E-state index contributed by atoms with van der Waals surface area (Å²) in [5.41, 5.74) is 9.17. The SMILES string of the molecule is Cl.Cl.NC1CCC(Nc2nc(NC(c3ccc(Cl)cc3)C3CC3)c3ncn(C4CCCC4)c3n2)CC1. The number of halogens is 3. The number of hydrogen-bond acceptors (Lipinski definition) is 6. The summed E-state index contributed by atoms with van der Waals surface area (Å²) in [7, 11) is 0. The number of fused-ring (bicyclic) bond motifs is 1. The van der Waals surface area contributed by atoms with E-state index in [-0.39, 0.29) is 30.9 Å². The molecule has 6 rings (SSSR count). The maximum absolute atomic E-state index is 6.17. The highest BCUT2D eigenvalue weighted by atomic mass is 35.5. The number of nitrogens with one attached hydrogen (secondary N) is 2. The topological polar surface area (TPSA) is 93.7 Å². The largest absolute Gasteiger partial charge is 0.361 e. The first-order chi connectivity index (χ1) is 16.6. The van der Waals surface area contributed by atoms with Crippen LogP contribution in [-0.4, -0.2) is 31.6 Å². The Labute approximate surface area is 230 Å². The minimum Gasteiger partial charge on any atom is -0.361 e. The lowest BCUT2D eigenvalue weighted by Gasteiger charge is -2.27. The molecule has 7 nitrogen and oxygen atoms in total. The summed E-state index contributed by atoms with van der Waals surface area (Å²) in [6.07, 6.45) is 13.5. The van der Waals surface area contributed by atoms with Gasteiger partial charge in [-0.25, -0.2) is 4.98 Å². The van der Waals surface area contributed by atoms with E-state index in [2.05, 4.69) is 27.3 Å². The van der Waals surface area contributed by atoms with E-state index < -0.39 is 0 Å². The quantitative estimate of drug-likeness (QED) is 0.302. The number of aromatic nitrogens is 4. The molecule has 0 aliphatic heterocycles. The van der Waals surface area contributed by atoms with Crippen molar-refractivity contribution in [3.8, 4) is 0 Å². The van der Waals surface area contributed by atoms with Gasteiger partial charge in [0.25, 0.3) is 0 Å². The van der Waals surface area contributed by atoms with E-state index in [1.807, 2.05) is 18.5 Å². The molecule has 36 heavy (non-hydrogen) atoms. The highest BCUT2D eigenvalue weighted by Gasteiger charge is 2.34. The van der Waals surface area contributed by atoms with Gasteiger partial charge in [-0.05, 0) is 75.0 Å².